The summed E-state index contributed by atoms with van der Waals surface area (Å²) < 4.78 is 20.4. The molecule has 2 N–H and O–H groups in total. The lowest BCUT2D eigenvalue weighted by atomic mass is 10.1. The third-order valence-corrected chi connectivity index (χ3v) is 2.87. The van der Waals surface area contributed by atoms with E-state index < -0.39 is 11.9 Å². The third-order valence-electron chi connectivity index (χ3n) is 2.87. The van der Waals surface area contributed by atoms with Crippen LogP contribution in [0.3, 0.4) is 0 Å². The second kappa shape index (κ2) is 8.33. The summed E-state index contributed by atoms with van der Waals surface area (Å²) in [5, 5.41) is 11.8. The highest BCUT2D eigenvalue weighted by Crippen LogP contribution is 2.34. The normalized spacial score (nSPS) is 11.7. The number of carbonyl (C=O) groups is 1. The number of hydrogen-bond acceptors (Lipinski definition) is 6. The molecule has 0 heterocycles. The van der Waals surface area contributed by atoms with Gasteiger partial charge in [0.25, 0.3) is 5.91 Å². The fourth-order valence-electron chi connectivity index (χ4n) is 1.81. The molecule has 0 fully saturated rings. The minimum atomic E-state index is -0.500. The topological polar surface area (TPSA) is 86.3 Å². The van der Waals surface area contributed by atoms with Gasteiger partial charge < -0.3 is 29.4 Å². The van der Waals surface area contributed by atoms with Gasteiger partial charge in [-0.05, 0) is 0 Å². The van der Waals surface area contributed by atoms with Crippen LogP contribution in [0.2, 0.25) is 0 Å². The molecule has 1 amide bonds. The Kier molecular flexibility index (Phi) is 6.77. The minimum Gasteiger partial charge on any atom is -0.496 e. The number of nitrogens with one attached hydrogen (secondary N) is 1. The van der Waals surface area contributed by atoms with Gasteiger partial charge in [-0.3, -0.25) is 4.79 Å². The molecule has 1 aromatic rings. The molecule has 1 aromatic carbocycles. The Morgan fingerprint density at radius 2 is 1.67 bits per heavy atom. The first-order valence-electron chi connectivity index (χ1n) is 6.31. The van der Waals surface area contributed by atoms with Crippen molar-refractivity contribution in [1.82, 2.24) is 5.32 Å². The zero-order valence-electron chi connectivity index (χ0n) is 12.6. The minimum absolute atomic E-state index is 0.206. The summed E-state index contributed by atoms with van der Waals surface area (Å²) >= 11 is 0. The van der Waals surface area contributed by atoms with Crippen LogP contribution in [0, 0.1) is 0 Å². The van der Waals surface area contributed by atoms with Crippen molar-refractivity contribution < 1.29 is 28.8 Å². The van der Waals surface area contributed by atoms with Crippen LogP contribution >= 0.6 is 0 Å². The van der Waals surface area contributed by atoms with Crippen molar-refractivity contribution in [3.63, 3.8) is 0 Å². The van der Waals surface area contributed by atoms with Crippen LogP contribution in [0.5, 0.6) is 17.2 Å². The van der Waals surface area contributed by atoms with E-state index in [0.29, 0.717) is 17.2 Å². The Labute approximate surface area is 123 Å². The molecule has 1 rings (SSSR count). The summed E-state index contributed by atoms with van der Waals surface area (Å²) in [7, 11) is 5.92. The lowest BCUT2D eigenvalue weighted by Crippen LogP contribution is -2.40. The van der Waals surface area contributed by atoms with Gasteiger partial charge in [-0.25, -0.2) is 0 Å². The average molecular weight is 299 g/mol. The molecular weight excluding hydrogens is 278 g/mol. The molecule has 21 heavy (non-hydrogen) atoms. The van der Waals surface area contributed by atoms with E-state index in [1.807, 2.05) is 0 Å². The molecule has 7 nitrogen and oxygen atoms in total. The number of carbonyl (C=O) groups excluding carboxylic acids is 1. The Balaban J connectivity index is 3.07. The summed E-state index contributed by atoms with van der Waals surface area (Å²) in [6.07, 6.45) is 0. The molecule has 0 aliphatic heterocycles. The molecule has 0 radical (unpaired) electrons. The van der Waals surface area contributed by atoms with Crippen LogP contribution in [-0.4, -0.2) is 58.7 Å². The number of rotatable bonds is 8. The zero-order valence-corrected chi connectivity index (χ0v) is 12.6. The smallest absolute Gasteiger partial charge is 0.255 e. The molecule has 0 bridgehead atoms. The van der Waals surface area contributed by atoms with Gasteiger partial charge in [0.2, 0.25) is 0 Å². The quantitative estimate of drug-likeness (QED) is 0.725. The number of aliphatic hydroxyl groups is 1. The number of benzene rings is 1. The van der Waals surface area contributed by atoms with Gasteiger partial charge in [-0.15, -0.1) is 0 Å². The Bertz CT molecular complexity index is 477. The molecule has 0 aliphatic carbocycles. The molecule has 1 unspecified atom stereocenters. The van der Waals surface area contributed by atoms with Gasteiger partial charge in [-0.1, -0.05) is 0 Å². The van der Waals surface area contributed by atoms with Gasteiger partial charge in [0, 0.05) is 19.2 Å². The van der Waals surface area contributed by atoms with Crippen LogP contribution < -0.4 is 19.5 Å². The van der Waals surface area contributed by atoms with E-state index in [-0.39, 0.29) is 18.8 Å². The number of hydrogen-bond donors (Lipinski definition) is 2. The molecule has 0 saturated carbocycles. The van der Waals surface area contributed by atoms with Gasteiger partial charge >= 0.3 is 0 Å². The molecule has 0 saturated heterocycles. The second-order valence-corrected chi connectivity index (χ2v) is 4.22. The standard InChI is InChI=1S/C14H21NO6/c1-18-8-9(7-16)15-14(17)10-5-12(20-3)13(21-4)6-11(10)19-2/h5-6,9,16H,7-8H2,1-4H3,(H,15,17). The predicted molar refractivity (Wildman–Crippen MR) is 76.3 cm³/mol. The molecule has 118 valence electrons. The highest BCUT2D eigenvalue weighted by atomic mass is 16.5. The summed E-state index contributed by atoms with van der Waals surface area (Å²) in [6.45, 7) is -0.0208. The van der Waals surface area contributed by atoms with Gasteiger partial charge in [0.1, 0.15) is 5.75 Å². The maximum atomic E-state index is 12.3. The van der Waals surface area contributed by atoms with Crippen molar-refractivity contribution in [3.8, 4) is 17.2 Å². The number of amides is 1. The van der Waals surface area contributed by atoms with Crippen LogP contribution in [0.1, 0.15) is 10.4 Å². The first-order chi connectivity index (χ1) is 10.1. The highest BCUT2D eigenvalue weighted by molar-refractivity contribution is 5.98. The Morgan fingerprint density at radius 3 is 2.14 bits per heavy atom. The van der Waals surface area contributed by atoms with Crippen LogP contribution in [0.25, 0.3) is 0 Å². The van der Waals surface area contributed by atoms with E-state index in [0.717, 1.165) is 0 Å². The van der Waals surface area contributed by atoms with E-state index in [2.05, 4.69) is 5.32 Å². The molecular formula is C14H21NO6. The van der Waals surface area contributed by atoms with Crippen LogP contribution in [-0.2, 0) is 4.74 Å². The van der Waals surface area contributed by atoms with Gasteiger partial charge in [-0.2, -0.15) is 0 Å². The fraction of sp³-hybridized carbons (Fsp3) is 0.500. The predicted octanol–water partition coefficient (Wildman–Crippen LogP) is 0.449. The Hall–Kier alpha value is -1.99. The number of methoxy groups -OCH3 is 4. The van der Waals surface area contributed by atoms with Crippen molar-refractivity contribution in [1.29, 1.82) is 0 Å². The number of aliphatic hydroxyl groups excluding tert-OH is 1. The van der Waals surface area contributed by atoms with Gasteiger partial charge in [0.15, 0.2) is 11.5 Å². The molecule has 7 heteroatoms. The van der Waals surface area contributed by atoms with Crippen LogP contribution in [0.15, 0.2) is 12.1 Å². The summed E-state index contributed by atoms with van der Waals surface area (Å²) in [6, 6.07) is 2.59. The first kappa shape index (κ1) is 17.1. The molecule has 0 aliphatic rings. The first-order valence-corrected chi connectivity index (χ1v) is 6.31. The monoisotopic (exact) mass is 299 g/mol. The van der Waals surface area contributed by atoms with E-state index in [9.17, 15) is 9.90 Å². The van der Waals surface area contributed by atoms with Crippen molar-refractivity contribution >= 4 is 5.91 Å². The van der Waals surface area contributed by atoms with Crippen molar-refractivity contribution in [3.05, 3.63) is 17.7 Å². The zero-order chi connectivity index (χ0) is 15.8. The average Bonchev–Trinajstić information content (AvgIpc) is 2.52. The lowest BCUT2D eigenvalue weighted by molar-refractivity contribution is 0.0836. The van der Waals surface area contributed by atoms with Gasteiger partial charge in [0.05, 0.1) is 46.1 Å². The lowest BCUT2D eigenvalue weighted by Gasteiger charge is -2.18. The summed E-state index contributed by atoms with van der Waals surface area (Å²) in [5.41, 5.74) is 0.282. The van der Waals surface area contributed by atoms with Crippen molar-refractivity contribution in [2.75, 3.05) is 41.7 Å². The maximum absolute atomic E-state index is 12.3. The molecule has 0 spiro atoms. The third kappa shape index (κ3) is 4.24. The molecule has 0 aromatic heterocycles. The maximum Gasteiger partial charge on any atom is 0.255 e. The Morgan fingerprint density at radius 1 is 1.10 bits per heavy atom. The molecule has 1 atom stereocenters. The van der Waals surface area contributed by atoms with Crippen molar-refractivity contribution in [2.45, 2.75) is 6.04 Å². The van der Waals surface area contributed by atoms with E-state index in [4.69, 9.17) is 18.9 Å². The second-order valence-electron chi connectivity index (χ2n) is 4.22. The van der Waals surface area contributed by atoms with E-state index in [1.54, 1.807) is 6.07 Å². The largest absolute Gasteiger partial charge is 0.496 e. The summed E-state index contributed by atoms with van der Waals surface area (Å²) in [4.78, 5) is 12.3. The SMILES string of the molecule is COCC(CO)NC(=O)c1cc(OC)c(OC)cc1OC. The summed E-state index contributed by atoms with van der Waals surface area (Å²) in [5.74, 6) is 0.820. The number of ether oxygens (including phenoxy) is 4. The van der Waals surface area contributed by atoms with Crippen LogP contribution in [0.4, 0.5) is 0 Å². The van der Waals surface area contributed by atoms with E-state index in [1.165, 1.54) is 34.5 Å². The van der Waals surface area contributed by atoms with E-state index >= 15 is 0 Å². The fourth-order valence-corrected chi connectivity index (χ4v) is 1.81. The van der Waals surface area contributed by atoms with Crippen molar-refractivity contribution in [2.24, 2.45) is 0 Å². The highest BCUT2D eigenvalue weighted by Gasteiger charge is 2.20.